The average molecular weight is 369 g/mol. The first kappa shape index (κ1) is 17.3. The highest BCUT2D eigenvalue weighted by Gasteiger charge is 2.40. The van der Waals surface area contributed by atoms with E-state index in [2.05, 4.69) is 9.97 Å². The molecule has 0 spiro atoms. The highest BCUT2D eigenvalue weighted by molar-refractivity contribution is 6.26. The van der Waals surface area contributed by atoms with Gasteiger partial charge in [-0.2, -0.15) is 0 Å². The standard InChI is InChI=1S/C19H19N3O5/c1-10-8-22(9-11(2)26-10)18-15(19(24)25)16(23)14(27-18)6-12-7-21-17-13(12)4-3-5-20-17/h3-7,10-11H,8-9H2,1-2H3,(H,20,21)(H,24,25)/b14-6-/t10-,11+. The fraction of sp³-hybridized carbons (Fsp3) is 0.316. The van der Waals surface area contributed by atoms with Crippen molar-refractivity contribution in [2.75, 3.05) is 13.1 Å². The van der Waals surface area contributed by atoms with Gasteiger partial charge in [0.25, 0.3) is 0 Å². The van der Waals surface area contributed by atoms with Gasteiger partial charge in [-0.1, -0.05) is 0 Å². The highest BCUT2D eigenvalue weighted by atomic mass is 16.5. The molecule has 0 radical (unpaired) electrons. The van der Waals surface area contributed by atoms with Gasteiger partial charge in [0.1, 0.15) is 5.65 Å². The molecule has 4 heterocycles. The third-order valence-electron chi connectivity index (χ3n) is 4.56. The number of hydrogen-bond acceptors (Lipinski definition) is 6. The van der Waals surface area contributed by atoms with E-state index in [1.165, 1.54) is 0 Å². The molecule has 2 atom stereocenters. The minimum absolute atomic E-state index is 0.0149. The molecule has 8 heteroatoms. The van der Waals surface area contributed by atoms with Crippen molar-refractivity contribution in [2.45, 2.75) is 26.1 Å². The molecule has 140 valence electrons. The Kier molecular flexibility index (Phi) is 4.19. The Balaban J connectivity index is 1.70. The summed E-state index contributed by atoms with van der Waals surface area (Å²) >= 11 is 0. The van der Waals surface area contributed by atoms with Crippen LogP contribution in [-0.2, 0) is 19.1 Å². The number of nitrogens with zero attached hydrogens (tertiary/aromatic N) is 2. The van der Waals surface area contributed by atoms with Crippen LogP contribution in [0.25, 0.3) is 17.1 Å². The Morgan fingerprint density at radius 3 is 2.81 bits per heavy atom. The molecule has 2 aliphatic rings. The van der Waals surface area contributed by atoms with Crippen LogP contribution in [0, 0.1) is 0 Å². The van der Waals surface area contributed by atoms with Crippen LogP contribution < -0.4 is 0 Å². The second-order valence-corrected chi connectivity index (χ2v) is 6.73. The normalized spacial score (nSPS) is 24.7. The third-order valence-corrected chi connectivity index (χ3v) is 4.56. The lowest BCUT2D eigenvalue weighted by Gasteiger charge is -2.36. The largest absolute Gasteiger partial charge is 0.477 e. The highest BCUT2D eigenvalue weighted by Crippen LogP contribution is 2.32. The van der Waals surface area contributed by atoms with Gasteiger partial charge in [-0.3, -0.25) is 4.79 Å². The number of hydrogen-bond donors (Lipinski definition) is 2. The molecule has 4 rings (SSSR count). The zero-order chi connectivity index (χ0) is 19.1. The van der Waals surface area contributed by atoms with Crippen LogP contribution >= 0.6 is 0 Å². The zero-order valence-corrected chi connectivity index (χ0v) is 14.9. The number of ether oxygens (including phenoxy) is 2. The topological polar surface area (TPSA) is 105 Å². The van der Waals surface area contributed by atoms with Crippen molar-refractivity contribution in [2.24, 2.45) is 0 Å². The number of aromatic nitrogens is 2. The van der Waals surface area contributed by atoms with Crippen molar-refractivity contribution in [3.8, 4) is 0 Å². The maximum Gasteiger partial charge on any atom is 0.345 e. The van der Waals surface area contributed by atoms with Crippen molar-refractivity contribution in [3.05, 3.63) is 47.3 Å². The third kappa shape index (κ3) is 3.08. The second kappa shape index (κ2) is 6.55. The van der Waals surface area contributed by atoms with Crippen LogP contribution in [0.2, 0.25) is 0 Å². The molecule has 0 saturated carbocycles. The molecule has 0 aromatic carbocycles. The maximum atomic E-state index is 12.7. The van der Waals surface area contributed by atoms with Gasteiger partial charge >= 0.3 is 5.97 Å². The Hall–Kier alpha value is -3.13. The summed E-state index contributed by atoms with van der Waals surface area (Å²) in [5.41, 5.74) is 1.04. The van der Waals surface area contributed by atoms with Crippen molar-refractivity contribution >= 4 is 28.9 Å². The molecule has 2 aromatic rings. The summed E-state index contributed by atoms with van der Waals surface area (Å²) in [5, 5.41) is 10.4. The number of aliphatic carboxylic acids is 1. The van der Waals surface area contributed by atoms with Gasteiger partial charge in [0.15, 0.2) is 11.3 Å². The number of fused-ring (bicyclic) bond motifs is 1. The quantitative estimate of drug-likeness (QED) is 0.629. The Bertz CT molecular complexity index is 980. The summed E-state index contributed by atoms with van der Waals surface area (Å²) in [6, 6.07) is 3.65. The monoisotopic (exact) mass is 369 g/mol. The van der Waals surface area contributed by atoms with Gasteiger partial charge in [-0.15, -0.1) is 0 Å². The molecule has 1 saturated heterocycles. The molecular formula is C19H19N3O5. The van der Waals surface area contributed by atoms with Crippen molar-refractivity contribution in [1.82, 2.24) is 14.9 Å². The molecule has 0 aliphatic carbocycles. The number of ketones is 1. The lowest BCUT2D eigenvalue weighted by Crippen LogP contribution is -2.45. The summed E-state index contributed by atoms with van der Waals surface area (Å²) in [6.45, 7) is 4.70. The van der Waals surface area contributed by atoms with E-state index < -0.39 is 11.8 Å². The number of carbonyl (C=O) groups is 2. The number of aromatic amines is 1. The average Bonchev–Trinajstić information content (AvgIpc) is 3.16. The van der Waals surface area contributed by atoms with Crippen LogP contribution in [0.5, 0.6) is 0 Å². The van der Waals surface area contributed by atoms with Crippen molar-refractivity contribution in [3.63, 3.8) is 0 Å². The fourth-order valence-corrected chi connectivity index (χ4v) is 3.51. The van der Waals surface area contributed by atoms with Crippen LogP contribution in [0.1, 0.15) is 19.4 Å². The second-order valence-electron chi connectivity index (χ2n) is 6.73. The number of Topliss-reactive ketones (excluding diaryl/α,β-unsaturated/α-hetero) is 1. The summed E-state index contributed by atoms with van der Waals surface area (Å²) < 4.78 is 11.4. The van der Waals surface area contributed by atoms with Gasteiger partial charge < -0.3 is 24.5 Å². The number of nitrogens with one attached hydrogen (secondary N) is 1. The van der Waals surface area contributed by atoms with E-state index in [1.54, 1.807) is 29.4 Å². The lowest BCUT2D eigenvalue weighted by atomic mass is 10.1. The van der Waals surface area contributed by atoms with Crippen LogP contribution in [-0.4, -0.2) is 57.0 Å². The molecule has 2 N–H and O–H groups in total. The number of rotatable bonds is 3. The number of carbonyl (C=O) groups excluding carboxylic acids is 1. The van der Waals surface area contributed by atoms with Gasteiger partial charge in [-0.05, 0) is 32.1 Å². The lowest BCUT2D eigenvalue weighted by molar-refractivity contribution is -0.134. The van der Waals surface area contributed by atoms with E-state index in [0.29, 0.717) is 24.3 Å². The molecular weight excluding hydrogens is 350 g/mol. The molecule has 1 fully saturated rings. The molecule has 0 bridgehead atoms. The van der Waals surface area contributed by atoms with E-state index in [9.17, 15) is 14.7 Å². The minimum Gasteiger partial charge on any atom is -0.477 e. The molecule has 0 unspecified atom stereocenters. The SMILES string of the molecule is C[C@@H]1CN(C2=C(C(=O)O)C(=O)/C(=C/c3c[nH]c4ncccc34)O2)C[C@H](C)O1. The minimum atomic E-state index is -1.30. The van der Waals surface area contributed by atoms with Crippen LogP contribution in [0.3, 0.4) is 0 Å². The van der Waals surface area contributed by atoms with E-state index in [0.717, 1.165) is 5.39 Å². The molecule has 2 aliphatic heterocycles. The first-order chi connectivity index (χ1) is 12.9. The number of pyridine rings is 1. The van der Waals surface area contributed by atoms with E-state index in [-0.39, 0.29) is 29.4 Å². The Morgan fingerprint density at radius 2 is 2.11 bits per heavy atom. The first-order valence-electron chi connectivity index (χ1n) is 8.68. The Labute approximate surface area is 155 Å². The number of morpholine rings is 1. The number of carboxylic acids is 1. The first-order valence-corrected chi connectivity index (χ1v) is 8.68. The van der Waals surface area contributed by atoms with Crippen LogP contribution in [0.4, 0.5) is 0 Å². The maximum absolute atomic E-state index is 12.7. The summed E-state index contributed by atoms with van der Waals surface area (Å²) in [7, 11) is 0. The van der Waals surface area contributed by atoms with Crippen molar-refractivity contribution < 1.29 is 24.2 Å². The predicted octanol–water partition coefficient (Wildman–Crippen LogP) is 1.91. The number of carboxylic acid groups (broad SMARTS) is 1. The number of allylic oxidation sites excluding steroid dienone is 1. The predicted molar refractivity (Wildman–Crippen MR) is 96.4 cm³/mol. The smallest absolute Gasteiger partial charge is 0.345 e. The van der Waals surface area contributed by atoms with Gasteiger partial charge in [0.05, 0.1) is 12.2 Å². The van der Waals surface area contributed by atoms with E-state index >= 15 is 0 Å². The van der Waals surface area contributed by atoms with Gasteiger partial charge in [0, 0.05) is 36.4 Å². The zero-order valence-electron chi connectivity index (χ0n) is 14.9. The van der Waals surface area contributed by atoms with Crippen molar-refractivity contribution in [1.29, 1.82) is 0 Å². The number of H-pyrrole nitrogens is 1. The van der Waals surface area contributed by atoms with Gasteiger partial charge in [0.2, 0.25) is 11.7 Å². The van der Waals surface area contributed by atoms with Gasteiger partial charge in [-0.25, -0.2) is 9.78 Å². The summed E-state index contributed by atoms with van der Waals surface area (Å²) in [6.07, 6.45) is 4.73. The van der Waals surface area contributed by atoms with E-state index in [1.807, 2.05) is 19.9 Å². The molecule has 8 nitrogen and oxygen atoms in total. The Morgan fingerprint density at radius 1 is 1.37 bits per heavy atom. The fourth-order valence-electron chi connectivity index (χ4n) is 3.51. The molecule has 0 amide bonds. The van der Waals surface area contributed by atoms with Crippen LogP contribution in [0.15, 0.2) is 41.7 Å². The molecule has 2 aromatic heterocycles. The summed E-state index contributed by atoms with van der Waals surface area (Å²) in [5.74, 6) is -1.87. The summed E-state index contributed by atoms with van der Waals surface area (Å²) in [4.78, 5) is 33.4. The van der Waals surface area contributed by atoms with E-state index in [4.69, 9.17) is 9.47 Å². The molecule has 27 heavy (non-hydrogen) atoms.